The Morgan fingerprint density at radius 1 is 1.36 bits per heavy atom. The van der Waals surface area contributed by atoms with E-state index in [1.807, 2.05) is 6.26 Å². The zero-order valence-electron chi connectivity index (χ0n) is 13.0. The summed E-state index contributed by atoms with van der Waals surface area (Å²) < 4.78 is 0. The van der Waals surface area contributed by atoms with Gasteiger partial charge in [0, 0.05) is 26.7 Å². The lowest BCUT2D eigenvalue weighted by atomic mass is 10.3. The third kappa shape index (κ3) is 4.12. The average Bonchev–Trinajstić information content (AvgIpc) is 3.18. The molecule has 3 amide bonds. The predicted octanol–water partition coefficient (Wildman–Crippen LogP) is 1.26. The standard InChI is InChI=1S/C13H22N6O2S/c1-18(6-5-9-22-2)13(21)14-11-10(15-17-16-11)12(20)19-7-3-4-8-19/h3-9H2,1-2H3,(H2,14,15,16,17,21). The lowest BCUT2D eigenvalue weighted by molar-refractivity contribution is 0.0788. The Hall–Kier alpha value is -1.77. The van der Waals surface area contributed by atoms with Crippen LogP contribution < -0.4 is 5.32 Å². The van der Waals surface area contributed by atoms with Crippen molar-refractivity contribution < 1.29 is 9.59 Å². The van der Waals surface area contributed by atoms with Crippen LogP contribution in [0, 0.1) is 0 Å². The van der Waals surface area contributed by atoms with Crippen molar-refractivity contribution in [2.24, 2.45) is 0 Å². The number of aromatic nitrogens is 3. The zero-order chi connectivity index (χ0) is 15.9. The molecule has 2 rings (SSSR count). The molecule has 1 aromatic heterocycles. The van der Waals surface area contributed by atoms with Crippen molar-refractivity contribution in [3.63, 3.8) is 0 Å². The van der Waals surface area contributed by atoms with Crippen molar-refractivity contribution in [2.75, 3.05) is 44.0 Å². The number of carbonyl (C=O) groups excluding carboxylic acids is 2. The fourth-order valence-corrected chi connectivity index (χ4v) is 2.70. The fraction of sp³-hybridized carbons (Fsp3) is 0.692. The van der Waals surface area contributed by atoms with Gasteiger partial charge in [-0.15, -0.1) is 10.2 Å². The van der Waals surface area contributed by atoms with Gasteiger partial charge in [0.15, 0.2) is 11.5 Å². The molecular formula is C13H22N6O2S. The van der Waals surface area contributed by atoms with Crippen molar-refractivity contribution in [3.05, 3.63) is 5.69 Å². The van der Waals surface area contributed by atoms with E-state index >= 15 is 0 Å². The SMILES string of the molecule is CSCCCN(C)C(=O)Nc1n[nH]nc1C(=O)N1CCCC1. The Morgan fingerprint density at radius 2 is 2.09 bits per heavy atom. The zero-order valence-corrected chi connectivity index (χ0v) is 13.8. The summed E-state index contributed by atoms with van der Waals surface area (Å²) in [4.78, 5) is 27.7. The minimum atomic E-state index is -0.287. The smallest absolute Gasteiger partial charge is 0.322 e. The highest BCUT2D eigenvalue weighted by atomic mass is 32.2. The van der Waals surface area contributed by atoms with Gasteiger partial charge in [-0.3, -0.25) is 10.1 Å². The van der Waals surface area contributed by atoms with E-state index in [0.717, 1.165) is 38.1 Å². The Balaban J connectivity index is 1.94. The lowest BCUT2D eigenvalue weighted by Gasteiger charge is -2.18. The summed E-state index contributed by atoms with van der Waals surface area (Å²) in [6.45, 7) is 2.11. The first-order chi connectivity index (χ1) is 10.6. The molecule has 0 radical (unpaired) electrons. The highest BCUT2D eigenvalue weighted by molar-refractivity contribution is 7.98. The van der Waals surface area contributed by atoms with E-state index in [1.54, 1.807) is 28.6 Å². The third-order valence-electron chi connectivity index (χ3n) is 3.56. The highest BCUT2D eigenvalue weighted by Gasteiger charge is 2.26. The number of nitrogens with one attached hydrogen (secondary N) is 2. The molecule has 9 heteroatoms. The van der Waals surface area contributed by atoms with Gasteiger partial charge in [-0.05, 0) is 31.3 Å². The van der Waals surface area contributed by atoms with E-state index in [0.29, 0.717) is 6.54 Å². The highest BCUT2D eigenvalue weighted by Crippen LogP contribution is 2.16. The molecule has 1 aromatic rings. The molecule has 0 aliphatic carbocycles. The van der Waals surface area contributed by atoms with Crippen molar-refractivity contribution in [3.8, 4) is 0 Å². The third-order valence-corrected chi connectivity index (χ3v) is 4.25. The number of amides is 3. The molecule has 122 valence electrons. The topological polar surface area (TPSA) is 94.2 Å². The molecule has 1 fully saturated rings. The number of hydrogen-bond acceptors (Lipinski definition) is 5. The van der Waals surface area contributed by atoms with Gasteiger partial charge in [-0.25, -0.2) is 4.79 Å². The van der Waals surface area contributed by atoms with Crippen LogP contribution >= 0.6 is 11.8 Å². The molecule has 0 atom stereocenters. The van der Waals surface area contributed by atoms with E-state index in [2.05, 4.69) is 20.7 Å². The molecule has 1 saturated heterocycles. The first-order valence-electron chi connectivity index (χ1n) is 7.34. The summed E-state index contributed by atoms with van der Waals surface area (Å²) in [5.74, 6) is 1.01. The first kappa shape index (κ1) is 16.6. The molecule has 22 heavy (non-hydrogen) atoms. The van der Waals surface area contributed by atoms with Crippen LogP contribution in [-0.2, 0) is 0 Å². The summed E-state index contributed by atoms with van der Waals surface area (Å²) in [6.07, 6.45) is 4.96. The van der Waals surface area contributed by atoms with Crippen molar-refractivity contribution >= 4 is 29.5 Å². The Labute approximate surface area is 134 Å². The number of thioether (sulfide) groups is 1. The monoisotopic (exact) mass is 326 g/mol. The van der Waals surface area contributed by atoms with Gasteiger partial charge in [0.1, 0.15) is 0 Å². The number of anilines is 1. The van der Waals surface area contributed by atoms with Gasteiger partial charge in [0.2, 0.25) is 0 Å². The number of H-pyrrole nitrogens is 1. The lowest BCUT2D eigenvalue weighted by Crippen LogP contribution is -2.34. The predicted molar refractivity (Wildman–Crippen MR) is 86.2 cm³/mol. The van der Waals surface area contributed by atoms with Crippen LogP contribution in [0.15, 0.2) is 0 Å². The van der Waals surface area contributed by atoms with Gasteiger partial charge in [0.05, 0.1) is 0 Å². The number of carbonyl (C=O) groups is 2. The van der Waals surface area contributed by atoms with Crippen LogP contribution in [0.1, 0.15) is 29.8 Å². The molecule has 0 unspecified atom stereocenters. The number of aromatic amines is 1. The number of nitrogens with zero attached hydrogens (tertiary/aromatic N) is 4. The second kappa shape index (κ2) is 8.02. The number of likely N-dealkylation sites (tertiary alicyclic amines) is 1. The second-order valence-electron chi connectivity index (χ2n) is 5.22. The van der Waals surface area contributed by atoms with Gasteiger partial charge in [-0.1, -0.05) is 0 Å². The Kier molecular flexibility index (Phi) is 6.05. The molecule has 8 nitrogen and oxygen atoms in total. The summed E-state index contributed by atoms with van der Waals surface area (Å²) in [6, 6.07) is -0.287. The largest absolute Gasteiger partial charge is 0.337 e. The average molecular weight is 326 g/mol. The minimum absolute atomic E-state index is 0.174. The van der Waals surface area contributed by atoms with Crippen molar-refractivity contribution in [2.45, 2.75) is 19.3 Å². The molecule has 0 spiro atoms. The van der Waals surface area contributed by atoms with Gasteiger partial charge in [-0.2, -0.15) is 17.0 Å². The molecule has 2 heterocycles. The molecule has 1 aliphatic heterocycles. The minimum Gasteiger partial charge on any atom is -0.337 e. The van der Waals surface area contributed by atoms with Gasteiger partial charge < -0.3 is 9.80 Å². The van der Waals surface area contributed by atoms with E-state index in [1.165, 1.54) is 0 Å². The van der Waals surface area contributed by atoms with Crippen LogP contribution in [0.3, 0.4) is 0 Å². The quantitative estimate of drug-likeness (QED) is 0.768. The molecule has 1 aliphatic rings. The second-order valence-corrected chi connectivity index (χ2v) is 6.20. The van der Waals surface area contributed by atoms with Gasteiger partial charge >= 0.3 is 6.03 Å². The van der Waals surface area contributed by atoms with Crippen molar-refractivity contribution in [1.29, 1.82) is 0 Å². The molecular weight excluding hydrogens is 304 g/mol. The Bertz CT molecular complexity index is 514. The van der Waals surface area contributed by atoms with Crippen molar-refractivity contribution in [1.82, 2.24) is 25.2 Å². The number of rotatable bonds is 6. The summed E-state index contributed by atoms with van der Waals surface area (Å²) >= 11 is 1.75. The van der Waals surface area contributed by atoms with Crippen LogP contribution in [0.5, 0.6) is 0 Å². The molecule has 2 N–H and O–H groups in total. The van der Waals surface area contributed by atoms with Crippen LogP contribution in [0.2, 0.25) is 0 Å². The van der Waals surface area contributed by atoms with Crippen LogP contribution in [-0.4, -0.2) is 75.8 Å². The van der Waals surface area contributed by atoms with E-state index in [-0.39, 0.29) is 23.5 Å². The molecule has 0 saturated carbocycles. The number of hydrogen-bond donors (Lipinski definition) is 2. The molecule has 0 aromatic carbocycles. The van der Waals surface area contributed by atoms with Gasteiger partial charge in [0.25, 0.3) is 5.91 Å². The maximum absolute atomic E-state index is 12.3. The van der Waals surface area contributed by atoms with E-state index < -0.39 is 0 Å². The van der Waals surface area contributed by atoms with Crippen LogP contribution in [0.4, 0.5) is 10.6 Å². The maximum Gasteiger partial charge on any atom is 0.322 e. The van der Waals surface area contributed by atoms with E-state index in [9.17, 15) is 9.59 Å². The first-order valence-corrected chi connectivity index (χ1v) is 8.74. The normalized spacial score (nSPS) is 14.2. The number of urea groups is 1. The Morgan fingerprint density at radius 3 is 2.77 bits per heavy atom. The fourth-order valence-electron chi connectivity index (χ4n) is 2.28. The summed E-state index contributed by atoms with van der Waals surface area (Å²) in [5, 5.41) is 12.8. The van der Waals surface area contributed by atoms with Crippen LogP contribution in [0.25, 0.3) is 0 Å². The van der Waals surface area contributed by atoms with E-state index in [4.69, 9.17) is 0 Å². The maximum atomic E-state index is 12.3. The summed E-state index contributed by atoms with van der Waals surface area (Å²) in [7, 11) is 1.72. The summed E-state index contributed by atoms with van der Waals surface area (Å²) in [5.41, 5.74) is 0.174. The molecule has 0 bridgehead atoms.